The van der Waals surface area contributed by atoms with Gasteiger partial charge in [0.25, 0.3) is 11.8 Å². The second-order valence-corrected chi connectivity index (χ2v) is 4.94. The number of carbonyl (C=O) groups is 2. The maximum atomic E-state index is 12.2. The van der Waals surface area contributed by atoms with E-state index in [1.165, 1.54) is 4.90 Å². The number of imide groups is 1. The lowest BCUT2D eigenvalue weighted by atomic mass is 10.1. The number of fused-ring (bicyclic) bond motifs is 1. The summed E-state index contributed by atoms with van der Waals surface area (Å²) in [6.07, 6.45) is 2.64. The standard InChI is InChI=1S/C14H16ClNO2/c1-10(6-4-5-9-15)16-13(17)11-7-2-3-8-12(11)14(16)18/h2-3,7-8,10H,4-6,9H2,1H3/t10-/m1/s1. The molecule has 2 rings (SSSR count). The number of unbranched alkanes of at least 4 members (excludes halogenated alkanes) is 1. The number of rotatable bonds is 5. The smallest absolute Gasteiger partial charge is 0.261 e. The summed E-state index contributed by atoms with van der Waals surface area (Å²) in [5, 5.41) is 0. The van der Waals surface area contributed by atoms with E-state index in [0.717, 1.165) is 19.3 Å². The van der Waals surface area contributed by atoms with Gasteiger partial charge in [-0.15, -0.1) is 11.6 Å². The van der Waals surface area contributed by atoms with Crippen molar-refractivity contribution in [3.8, 4) is 0 Å². The van der Waals surface area contributed by atoms with E-state index < -0.39 is 0 Å². The van der Waals surface area contributed by atoms with E-state index in [1.54, 1.807) is 24.3 Å². The molecule has 4 heteroatoms. The minimum atomic E-state index is -0.172. The second kappa shape index (κ2) is 5.53. The maximum Gasteiger partial charge on any atom is 0.261 e. The number of alkyl halides is 1. The topological polar surface area (TPSA) is 37.4 Å². The Balaban J connectivity index is 2.13. The Morgan fingerprint density at radius 2 is 1.67 bits per heavy atom. The lowest BCUT2D eigenvalue weighted by molar-refractivity contribution is 0.0588. The highest BCUT2D eigenvalue weighted by molar-refractivity contribution is 6.21. The van der Waals surface area contributed by atoms with Gasteiger partial charge in [-0.05, 0) is 31.9 Å². The van der Waals surface area contributed by atoms with Crippen LogP contribution in [-0.2, 0) is 0 Å². The first-order valence-corrected chi connectivity index (χ1v) is 6.73. The third-order valence-corrected chi connectivity index (χ3v) is 3.54. The molecule has 2 amide bonds. The van der Waals surface area contributed by atoms with E-state index in [1.807, 2.05) is 6.92 Å². The van der Waals surface area contributed by atoms with Crippen LogP contribution in [0.25, 0.3) is 0 Å². The number of halogens is 1. The Hall–Kier alpha value is -1.35. The van der Waals surface area contributed by atoms with Crippen LogP contribution < -0.4 is 0 Å². The second-order valence-electron chi connectivity index (χ2n) is 4.56. The summed E-state index contributed by atoms with van der Waals surface area (Å²) in [5.74, 6) is 0.275. The lowest BCUT2D eigenvalue weighted by Gasteiger charge is -2.22. The van der Waals surface area contributed by atoms with Gasteiger partial charge in [-0.1, -0.05) is 18.6 Å². The summed E-state index contributed by atoms with van der Waals surface area (Å²) in [7, 11) is 0. The lowest BCUT2D eigenvalue weighted by Crippen LogP contribution is -2.37. The average molecular weight is 266 g/mol. The number of hydrogen-bond donors (Lipinski definition) is 0. The number of benzene rings is 1. The fourth-order valence-electron chi connectivity index (χ4n) is 2.27. The first-order valence-electron chi connectivity index (χ1n) is 6.19. The molecule has 0 radical (unpaired) electrons. The van der Waals surface area contributed by atoms with E-state index >= 15 is 0 Å². The third-order valence-electron chi connectivity index (χ3n) is 3.27. The molecule has 0 fully saturated rings. The van der Waals surface area contributed by atoms with E-state index in [2.05, 4.69) is 0 Å². The van der Waals surface area contributed by atoms with Crippen LogP contribution in [-0.4, -0.2) is 28.6 Å². The molecular weight excluding hydrogens is 250 g/mol. The van der Waals surface area contributed by atoms with Gasteiger partial charge in [0.05, 0.1) is 11.1 Å². The fourth-order valence-corrected chi connectivity index (χ4v) is 2.46. The van der Waals surface area contributed by atoms with Crippen LogP contribution in [0.5, 0.6) is 0 Å². The molecule has 0 aromatic heterocycles. The Morgan fingerprint density at radius 3 is 2.17 bits per heavy atom. The Labute approximate surface area is 112 Å². The number of hydrogen-bond acceptors (Lipinski definition) is 2. The zero-order valence-electron chi connectivity index (χ0n) is 10.4. The van der Waals surface area contributed by atoms with Crippen molar-refractivity contribution in [3.05, 3.63) is 35.4 Å². The van der Waals surface area contributed by atoms with Crippen molar-refractivity contribution in [2.45, 2.75) is 32.2 Å². The molecule has 1 atom stereocenters. The van der Waals surface area contributed by atoms with Gasteiger partial charge in [-0.2, -0.15) is 0 Å². The van der Waals surface area contributed by atoms with Crippen LogP contribution in [0.4, 0.5) is 0 Å². The van der Waals surface area contributed by atoms with Crippen LogP contribution in [0.2, 0.25) is 0 Å². The molecule has 0 saturated carbocycles. The molecule has 1 aromatic carbocycles. The summed E-state index contributed by atoms with van der Waals surface area (Å²) < 4.78 is 0. The summed E-state index contributed by atoms with van der Waals surface area (Å²) in [5.41, 5.74) is 1.04. The molecule has 1 heterocycles. The van der Waals surface area contributed by atoms with Crippen LogP contribution in [0, 0.1) is 0 Å². The molecular formula is C14H16ClNO2. The highest BCUT2D eigenvalue weighted by Gasteiger charge is 2.37. The average Bonchev–Trinajstić information content (AvgIpc) is 2.63. The Kier molecular flexibility index (Phi) is 4.02. The van der Waals surface area contributed by atoms with Gasteiger partial charge in [0.1, 0.15) is 0 Å². The zero-order valence-corrected chi connectivity index (χ0v) is 11.1. The van der Waals surface area contributed by atoms with E-state index in [9.17, 15) is 9.59 Å². The van der Waals surface area contributed by atoms with E-state index in [-0.39, 0.29) is 17.9 Å². The summed E-state index contributed by atoms with van der Waals surface area (Å²) >= 11 is 5.63. The van der Waals surface area contributed by atoms with Crippen molar-refractivity contribution in [2.24, 2.45) is 0 Å². The van der Waals surface area contributed by atoms with E-state index in [4.69, 9.17) is 11.6 Å². The molecule has 0 N–H and O–H groups in total. The predicted molar refractivity (Wildman–Crippen MR) is 71.0 cm³/mol. The molecule has 0 spiro atoms. The minimum absolute atomic E-state index is 0.0689. The molecule has 18 heavy (non-hydrogen) atoms. The normalized spacial score (nSPS) is 16.0. The quantitative estimate of drug-likeness (QED) is 0.466. The number of nitrogens with zero attached hydrogens (tertiary/aromatic N) is 1. The van der Waals surface area contributed by atoms with Crippen LogP contribution in [0.15, 0.2) is 24.3 Å². The first kappa shape index (κ1) is 13.1. The van der Waals surface area contributed by atoms with Gasteiger partial charge in [0.15, 0.2) is 0 Å². The monoisotopic (exact) mass is 265 g/mol. The van der Waals surface area contributed by atoms with Crippen LogP contribution in [0.3, 0.4) is 0 Å². The molecule has 1 aromatic rings. The number of carbonyl (C=O) groups excluding carboxylic acids is 2. The molecule has 0 unspecified atom stereocenters. The molecule has 3 nitrogen and oxygen atoms in total. The third kappa shape index (κ3) is 2.27. The molecule has 0 aliphatic carbocycles. The number of amides is 2. The largest absolute Gasteiger partial charge is 0.272 e. The van der Waals surface area contributed by atoms with Crippen molar-refractivity contribution in [3.63, 3.8) is 0 Å². The molecule has 0 saturated heterocycles. The Morgan fingerprint density at radius 1 is 1.11 bits per heavy atom. The summed E-state index contributed by atoms with van der Waals surface area (Å²) in [6.45, 7) is 1.91. The van der Waals surface area contributed by atoms with Crippen molar-refractivity contribution in [1.82, 2.24) is 4.90 Å². The highest BCUT2D eigenvalue weighted by atomic mass is 35.5. The van der Waals surface area contributed by atoms with Gasteiger partial charge in [-0.25, -0.2) is 0 Å². The van der Waals surface area contributed by atoms with Crippen LogP contribution in [0.1, 0.15) is 46.9 Å². The van der Waals surface area contributed by atoms with Crippen molar-refractivity contribution in [2.75, 3.05) is 5.88 Å². The Bertz CT molecular complexity index is 438. The molecule has 0 bridgehead atoms. The molecule has 1 aliphatic heterocycles. The molecule has 1 aliphatic rings. The van der Waals surface area contributed by atoms with Crippen molar-refractivity contribution >= 4 is 23.4 Å². The zero-order chi connectivity index (χ0) is 13.1. The van der Waals surface area contributed by atoms with Gasteiger partial charge in [0, 0.05) is 11.9 Å². The van der Waals surface area contributed by atoms with Crippen molar-refractivity contribution in [1.29, 1.82) is 0 Å². The van der Waals surface area contributed by atoms with Gasteiger partial charge in [0.2, 0.25) is 0 Å². The summed E-state index contributed by atoms with van der Waals surface area (Å²) in [6, 6.07) is 6.92. The van der Waals surface area contributed by atoms with Crippen LogP contribution >= 0.6 is 11.6 Å². The maximum absolute atomic E-state index is 12.2. The first-order chi connectivity index (χ1) is 8.66. The SMILES string of the molecule is C[C@H](CCCCCl)N1C(=O)c2ccccc2C1=O. The highest BCUT2D eigenvalue weighted by Crippen LogP contribution is 2.25. The summed E-state index contributed by atoms with van der Waals surface area (Å²) in [4.78, 5) is 25.7. The van der Waals surface area contributed by atoms with Gasteiger partial charge < -0.3 is 0 Å². The molecule has 96 valence electrons. The van der Waals surface area contributed by atoms with Gasteiger partial charge in [-0.3, -0.25) is 14.5 Å². The minimum Gasteiger partial charge on any atom is -0.272 e. The fraction of sp³-hybridized carbons (Fsp3) is 0.429. The predicted octanol–water partition coefficient (Wildman–Crippen LogP) is 3.08. The van der Waals surface area contributed by atoms with Crippen molar-refractivity contribution < 1.29 is 9.59 Å². The van der Waals surface area contributed by atoms with E-state index in [0.29, 0.717) is 17.0 Å². The van der Waals surface area contributed by atoms with Gasteiger partial charge >= 0.3 is 0 Å².